The van der Waals surface area contributed by atoms with E-state index in [2.05, 4.69) is 4.72 Å². The molecule has 3 rings (SSSR count). The fourth-order valence-corrected chi connectivity index (χ4v) is 3.86. The highest BCUT2D eigenvalue weighted by Crippen LogP contribution is 2.38. The summed E-state index contributed by atoms with van der Waals surface area (Å²) in [7, 11) is -2.74. The first-order valence-electron chi connectivity index (χ1n) is 7.08. The number of thiol groups is 1. The summed E-state index contributed by atoms with van der Waals surface area (Å²) in [6.45, 7) is 0. The molecule has 3 aromatic rings. The number of nitrogens with one attached hydrogen (secondary N) is 1. The molecule has 128 valence electrons. The van der Waals surface area contributed by atoms with E-state index in [0.29, 0.717) is 21.8 Å². The van der Waals surface area contributed by atoms with Crippen molar-refractivity contribution in [2.24, 2.45) is 0 Å². The maximum Gasteiger partial charge on any atom is 0.346 e. The smallest absolute Gasteiger partial charge is 0.346 e. The molecule has 0 aliphatic carbocycles. The third-order valence-electron chi connectivity index (χ3n) is 3.47. The van der Waals surface area contributed by atoms with Crippen LogP contribution >= 0.6 is 22.9 Å². The molecule has 0 saturated carbocycles. The Morgan fingerprint density at radius 2 is 1.60 bits per heavy atom. The zero-order valence-electron chi connectivity index (χ0n) is 12.6. The van der Waals surface area contributed by atoms with Gasteiger partial charge in [-0.15, -0.1) is 11.3 Å². The van der Waals surface area contributed by atoms with Gasteiger partial charge < -0.3 is 5.11 Å². The van der Waals surface area contributed by atoms with Gasteiger partial charge in [0.15, 0.2) is 0 Å². The minimum atomic E-state index is -2.74. The van der Waals surface area contributed by atoms with Crippen LogP contribution in [0.1, 0.15) is 9.67 Å². The van der Waals surface area contributed by atoms with Crippen LogP contribution in [0.4, 0.5) is 5.69 Å². The van der Waals surface area contributed by atoms with Crippen molar-refractivity contribution in [1.29, 1.82) is 0 Å². The lowest BCUT2D eigenvalue weighted by molar-refractivity contribution is 0.0703. The lowest BCUT2D eigenvalue weighted by Gasteiger charge is -2.03. The molecule has 0 aliphatic rings. The number of hydrogen-bond acceptors (Lipinski definition) is 4. The van der Waals surface area contributed by atoms with E-state index in [1.165, 1.54) is 11.3 Å². The van der Waals surface area contributed by atoms with Gasteiger partial charge >= 0.3 is 5.97 Å². The van der Waals surface area contributed by atoms with Gasteiger partial charge in [-0.1, -0.05) is 35.9 Å². The molecule has 0 fully saturated rings. The van der Waals surface area contributed by atoms with E-state index in [1.807, 2.05) is 18.2 Å². The quantitative estimate of drug-likeness (QED) is 0.562. The molecule has 0 atom stereocenters. The number of carboxylic acids is 1. The predicted octanol–water partition coefficient (Wildman–Crippen LogP) is 4.37. The van der Waals surface area contributed by atoms with Crippen molar-refractivity contribution in [2.45, 2.75) is 0 Å². The van der Waals surface area contributed by atoms with E-state index < -0.39 is 16.9 Å². The summed E-state index contributed by atoms with van der Waals surface area (Å²) in [6, 6.07) is 15.5. The summed E-state index contributed by atoms with van der Waals surface area (Å²) >= 11 is 7.07. The Balaban J connectivity index is 2.03. The standard InChI is InChI=1S/C17H12ClNO4S2/c18-12-5-1-11(2-6-12)15-9-14(16(24-15)17(20)21)10-3-7-13(8-4-10)19-25(22)23/h1-9,25H,(H,20,21)(H,19,22,23). The van der Waals surface area contributed by atoms with Gasteiger partial charge in [0.1, 0.15) is 4.88 Å². The van der Waals surface area contributed by atoms with E-state index in [0.717, 1.165) is 10.4 Å². The van der Waals surface area contributed by atoms with E-state index in [4.69, 9.17) is 11.6 Å². The van der Waals surface area contributed by atoms with E-state index in [9.17, 15) is 18.3 Å². The van der Waals surface area contributed by atoms with Crippen LogP contribution in [0.2, 0.25) is 5.02 Å². The number of anilines is 1. The van der Waals surface area contributed by atoms with Crippen molar-refractivity contribution >= 4 is 45.5 Å². The summed E-state index contributed by atoms with van der Waals surface area (Å²) in [5, 5.41) is 10.1. The largest absolute Gasteiger partial charge is 0.477 e. The molecule has 2 N–H and O–H groups in total. The van der Waals surface area contributed by atoms with E-state index >= 15 is 0 Å². The second kappa shape index (κ2) is 7.26. The van der Waals surface area contributed by atoms with Crippen molar-refractivity contribution in [3.63, 3.8) is 0 Å². The summed E-state index contributed by atoms with van der Waals surface area (Å²) < 4.78 is 23.7. The van der Waals surface area contributed by atoms with Crippen LogP contribution in [-0.4, -0.2) is 19.5 Å². The molecule has 0 bridgehead atoms. The number of carbonyl (C=O) groups is 1. The normalized spacial score (nSPS) is 10.8. The third-order valence-corrected chi connectivity index (χ3v) is 5.34. The number of thiophene rings is 1. The summed E-state index contributed by atoms with van der Waals surface area (Å²) in [6.07, 6.45) is 0. The van der Waals surface area contributed by atoms with Gasteiger partial charge in [-0.3, -0.25) is 4.72 Å². The van der Waals surface area contributed by atoms with Gasteiger partial charge in [0.2, 0.25) is 10.9 Å². The second-order valence-corrected chi connectivity index (χ2v) is 7.34. The molecular formula is C17H12ClNO4S2. The minimum Gasteiger partial charge on any atom is -0.477 e. The van der Waals surface area contributed by atoms with Crippen LogP contribution in [0.3, 0.4) is 0 Å². The molecule has 1 heterocycles. The molecule has 1 aromatic heterocycles. The van der Waals surface area contributed by atoms with E-state index in [1.54, 1.807) is 36.4 Å². The number of carboxylic acid groups (broad SMARTS) is 1. The average molecular weight is 394 g/mol. The molecular weight excluding hydrogens is 382 g/mol. The molecule has 0 aliphatic heterocycles. The van der Waals surface area contributed by atoms with Crippen LogP contribution in [0.15, 0.2) is 54.6 Å². The zero-order chi connectivity index (χ0) is 18.0. The van der Waals surface area contributed by atoms with Gasteiger partial charge in [-0.2, -0.15) is 0 Å². The third kappa shape index (κ3) is 4.01. The molecule has 0 unspecified atom stereocenters. The van der Waals surface area contributed by atoms with Gasteiger partial charge in [0.05, 0.1) is 0 Å². The number of aromatic carboxylic acids is 1. The summed E-state index contributed by atoms with van der Waals surface area (Å²) in [5.74, 6) is -1.01. The lowest BCUT2D eigenvalue weighted by atomic mass is 10.0. The maximum absolute atomic E-state index is 11.6. The number of rotatable bonds is 5. The van der Waals surface area contributed by atoms with Crippen molar-refractivity contribution in [2.75, 3.05) is 4.72 Å². The van der Waals surface area contributed by atoms with Crippen LogP contribution < -0.4 is 4.72 Å². The van der Waals surface area contributed by atoms with Crippen molar-refractivity contribution < 1.29 is 18.3 Å². The fourth-order valence-electron chi connectivity index (χ4n) is 2.35. The average Bonchev–Trinajstić information content (AvgIpc) is 3.01. The Bertz CT molecular complexity index is 984. The Labute approximate surface area is 154 Å². The van der Waals surface area contributed by atoms with Crippen LogP contribution in [0, 0.1) is 0 Å². The summed E-state index contributed by atoms with van der Waals surface area (Å²) in [4.78, 5) is 12.6. The number of hydrogen-bond donors (Lipinski definition) is 3. The molecule has 25 heavy (non-hydrogen) atoms. The first kappa shape index (κ1) is 17.5. The number of benzene rings is 2. The SMILES string of the molecule is O=C(O)c1sc(-c2ccc(Cl)cc2)cc1-c1ccc(N[SH](=O)=O)cc1. The van der Waals surface area contributed by atoms with Gasteiger partial charge in [0, 0.05) is 21.2 Å². The van der Waals surface area contributed by atoms with Crippen molar-refractivity contribution in [3.05, 3.63) is 64.5 Å². The van der Waals surface area contributed by atoms with Crippen molar-refractivity contribution in [1.82, 2.24) is 0 Å². The Kier molecular flexibility index (Phi) is 5.08. The Morgan fingerprint density at radius 1 is 1.00 bits per heavy atom. The molecule has 8 heteroatoms. The Hall–Kier alpha value is -2.35. The highest BCUT2D eigenvalue weighted by atomic mass is 35.5. The fraction of sp³-hybridized carbons (Fsp3) is 0. The highest BCUT2D eigenvalue weighted by Gasteiger charge is 2.17. The predicted molar refractivity (Wildman–Crippen MR) is 101 cm³/mol. The first-order valence-corrected chi connectivity index (χ1v) is 9.46. The maximum atomic E-state index is 11.6. The molecule has 5 nitrogen and oxygen atoms in total. The Morgan fingerprint density at radius 3 is 2.16 bits per heavy atom. The zero-order valence-corrected chi connectivity index (χ0v) is 15.1. The summed E-state index contributed by atoms with van der Waals surface area (Å²) in [5.41, 5.74) is 2.58. The number of halogens is 1. The van der Waals surface area contributed by atoms with Gasteiger partial charge in [0.25, 0.3) is 0 Å². The minimum absolute atomic E-state index is 0.223. The molecule has 0 radical (unpaired) electrons. The van der Waals surface area contributed by atoms with Gasteiger partial charge in [-0.05, 0) is 41.5 Å². The second-order valence-electron chi connectivity index (χ2n) is 5.11. The van der Waals surface area contributed by atoms with Crippen LogP contribution in [0.25, 0.3) is 21.6 Å². The highest BCUT2D eigenvalue weighted by molar-refractivity contribution is 7.73. The molecule has 0 spiro atoms. The molecule has 0 amide bonds. The topological polar surface area (TPSA) is 83.5 Å². The van der Waals surface area contributed by atoms with Crippen molar-refractivity contribution in [3.8, 4) is 21.6 Å². The molecule has 2 aromatic carbocycles. The van der Waals surface area contributed by atoms with Gasteiger partial charge in [-0.25, -0.2) is 13.2 Å². The monoisotopic (exact) mass is 393 g/mol. The molecule has 0 saturated heterocycles. The lowest BCUT2D eigenvalue weighted by Crippen LogP contribution is -1.96. The first-order chi connectivity index (χ1) is 11.9. The van der Waals surface area contributed by atoms with Crippen LogP contribution in [0.5, 0.6) is 0 Å². The van der Waals surface area contributed by atoms with E-state index in [-0.39, 0.29) is 4.88 Å². The van der Waals surface area contributed by atoms with Crippen LogP contribution in [-0.2, 0) is 10.9 Å².